The summed E-state index contributed by atoms with van der Waals surface area (Å²) < 4.78 is 0. The number of aromatic carboxylic acids is 1. The third-order valence-corrected chi connectivity index (χ3v) is 4.01. The Bertz CT molecular complexity index is 645. The fraction of sp³-hybridized carbons (Fsp3) is 0.278. The average Bonchev–Trinajstić information content (AvgIpc) is 2.56. The van der Waals surface area contributed by atoms with Crippen LogP contribution in [0.4, 0.5) is 5.69 Å². The van der Waals surface area contributed by atoms with Gasteiger partial charge in [-0.05, 0) is 54.7 Å². The Morgan fingerprint density at radius 3 is 2.29 bits per heavy atom. The van der Waals surface area contributed by atoms with E-state index in [9.17, 15) is 4.79 Å². The molecule has 0 bridgehead atoms. The lowest BCUT2D eigenvalue weighted by Gasteiger charge is -2.29. The Kier molecular flexibility index (Phi) is 3.91. The molecular weight excluding hydrogens is 262 g/mol. The van der Waals surface area contributed by atoms with Gasteiger partial charge in [-0.1, -0.05) is 24.3 Å². The molecule has 1 heterocycles. The van der Waals surface area contributed by atoms with Gasteiger partial charge in [0, 0.05) is 18.8 Å². The van der Waals surface area contributed by atoms with E-state index in [2.05, 4.69) is 17.0 Å². The molecule has 1 saturated heterocycles. The van der Waals surface area contributed by atoms with Crippen LogP contribution in [0.5, 0.6) is 0 Å². The lowest BCUT2D eigenvalue weighted by Crippen LogP contribution is -2.29. The first-order valence-electron chi connectivity index (χ1n) is 7.43. The molecule has 2 aromatic carbocycles. The van der Waals surface area contributed by atoms with Crippen molar-refractivity contribution in [3.05, 3.63) is 54.1 Å². The van der Waals surface area contributed by atoms with Crippen LogP contribution >= 0.6 is 0 Å². The standard InChI is InChI=1S/C18H19NO2/c20-18(21)16-8-4-6-14(12-16)15-7-5-9-17(13-15)19-10-2-1-3-11-19/h4-9,12-13H,1-3,10-11H2,(H,20,21). The average molecular weight is 281 g/mol. The second-order valence-electron chi connectivity index (χ2n) is 5.48. The molecule has 3 heteroatoms. The van der Waals surface area contributed by atoms with Gasteiger partial charge in [0.1, 0.15) is 0 Å². The van der Waals surface area contributed by atoms with Crippen molar-refractivity contribution in [1.29, 1.82) is 0 Å². The summed E-state index contributed by atoms with van der Waals surface area (Å²) in [6, 6.07) is 15.5. The highest BCUT2D eigenvalue weighted by Gasteiger charge is 2.12. The molecular formula is C18H19NO2. The molecule has 0 unspecified atom stereocenters. The van der Waals surface area contributed by atoms with E-state index >= 15 is 0 Å². The van der Waals surface area contributed by atoms with Crippen LogP contribution in [0.25, 0.3) is 11.1 Å². The van der Waals surface area contributed by atoms with Crippen molar-refractivity contribution in [3.8, 4) is 11.1 Å². The summed E-state index contributed by atoms with van der Waals surface area (Å²) in [6.45, 7) is 2.22. The summed E-state index contributed by atoms with van der Waals surface area (Å²) in [6.07, 6.45) is 3.81. The molecule has 2 aromatic rings. The highest BCUT2D eigenvalue weighted by molar-refractivity contribution is 5.89. The minimum Gasteiger partial charge on any atom is -0.478 e. The molecule has 0 saturated carbocycles. The number of nitrogens with zero attached hydrogens (tertiary/aromatic N) is 1. The van der Waals surface area contributed by atoms with Crippen molar-refractivity contribution in [2.75, 3.05) is 18.0 Å². The topological polar surface area (TPSA) is 40.5 Å². The molecule has 0 radical (unpaired) electrons. The molecule has 1 aliphatic rings. The fourth-order valence-corrected chi connectivity index (χ4v) is 2.87. The molecule has 1 fully saturated rings. The summed E-state index contributed by atoms with van der Waals surface area (Å²) in [5, 5.41) is 9.11. The molecule has 3 nitrogen and oxygen atoms in total. The fourth-order valence-electron chi connectivity index (χ4n) is 2.87. The van der Waals surface area contributed by atoms with Crippen molar-refractivity contribution in [2.45, 2.75) is 19.3 Å². The molecule has 108 valence electrons. The first-order chi connectivity index (χ1) is 10.2. The lowest BCUT2D eigenvalue weighted by molar-refractivity contribution is 0.0697. The van der Waals surface area contributed by atoms with Crippen molar-refractivity contribution in [2.24, 2.45) is 0 Å². The zero-order valence-corrected chi connectivity index (χ0v) is 12.0. The maximum absolute atomic E-state index is 11.1. The summed E-state index contributed by atoms with van der Waals surface area (Å²) in [5.41, 5.74) is 3.58. The van der Waals surface area contributed by atoms with E-state index in [-0.39, 0.29) is 0 Å². The van der Waals surface area contributed by atoms with Crippen LogP contribution in [0.15, 0.2) is 48.5 Å². The lowest BCUT2D eigenvalue weighted by atomic mass is 10.0. The Hall–Kier alpha value is -2.29. The van der Waals surface area contributed by atoms with Gasteiger partial charge in [-0.2, -0.15) is 0 Å². The first-order valence-corrected chi connectivity index (χ1v) is 7.43. The Balaban J connectivity index is 1.92. The van der Waals surface area contributed by atoms with Gasteiger partial charge < -0.3 is 10.0 Å². The van der Waals surface area contributed by atoms with E-state index < -0.39 is 5.97 Å². The van der Waals surface area contributed by atoms with Crippen molar-refractivity contribution >= 4 is 11.7 Å². The van der Waals surface area contributed by atoms with Crippen LogP contribution in [-0.4, -0.2) is 24.2 Å². The van der Waals surface area contributed by atoms with Crippen LogP contribution < -0.4 is 4.90 Å². The molecule has 1 aliphatic heterocycles. The van der Waals surface area contributed by atoms with Crippen LogP contribution in [0.3, 0.4) is 0 Å². The van der Waals surface area contributed by atoms with Gasteiger partial charge in [-0.25, -0.2) is 4.79 Å². The number of hydrogen-bond donors (Lipinski definition) is 1. The Morgan fingerprint density at radius 2 is 1.57 bits per heavy atom. The van der Waals surface area contributed by atoms with E-state index in [4.69, 9.17) is 5.11 Å². The van der Waals surface area contributed by atoms with E-state index in [1.54, 1.807) is 18.2 Å². The van der Waals surface area contributed by atoms with Gasteiger partial charge in [-0.3, -0.25) is 0 Å². The van der Waals surface area contributed by atoms with Crippen LogP contribution in [0.2, 0.25) is 0 Å². The molecule has 3 rings (SSSR count). The van der Waals surface area contributed by atoms with Crippen molar-refractivity contribution in [3.63, 3.8) is 0 Å². The number of piperidine rings is 1. The van der Waals surface area contributed by atoms with Gasteiger partial charge in [0.25, 0.3) is 0 Å². The number of carboxylic acid groups (broad SMARTS) is 1. The highest BCUT2D eigenvalue weighted by atomic mass is 16.4. The SMILES string of the molecule is O=C(O)c1cccc(-c2cccc(N3CCCCC3)c2)c1. The Labute approximate surface area is 124 Å². The molecule has 0 aromatic heterocycles. The predicted molar refractivity (Wildman–Crippen MR) is 84.9 cm³/mol. The number of carboxylic acids is 1. The summed E-state index contributed by atoms with van der Waals surface area (Å²) in [5.74, 6) is -0.885. The van der Waals surface area contributed by atoms with E-state index in [1.807, 2.05) is 18.2 Å². The zero-order valence-electron chi connectivity index (χ0n) is 12.0. The first kappa shape index (κ1) is 13.7. The van der Waals surface area contributed by atoms with Crippen molar-refractivity contribution in [1.82, 2.24) is 0 Å². The molecule has 0 aliphatic carbocycles. The van der Waals surface area contributed by atoms with E-state index in [0.717, 1.165) is 24.2 Å². The zero-order chi connectivity index (χ0) is 14.7. The number of carbonyl (C=O) groups is 1. The van der Waals surface area contributed by atoms with Gasteiger partial charge in [0.2, 0.25) is 0 Å². The second kappa shape index (κ2) is 6.00. The summed E-state index contributed by atoms with van der Waals surface area (Å²) in [4.78, 5) is 13.5. The molecule has 21 heavy (non-hydrogen) atoms. The molecule has 1 N–H and O–H groups in total. The van der Waals surface area contributed by atoms with E-state index in [1.165, 1.54) is 24.9 Å². The number of benzene rings is 2. The van der Waals surface area contributed by atoms with Gasteiger partial charge in [0.15, 0.2) is 0 Å². The summed E-state index contributed by atoms with van der Waals surface area (Å²) in [7, 11) is 0. The van der Waals surface area contributed by atoms with Crippen LogP contribution in [0, 0.1) is 0 Å². The predicted octanol–water partition coefficient (Wildman–Crippen LogP) is 4.04. The normalized spacial score (nSPS) is 15.0. The number of hydrogen-bond acceptors (Lipinski definition) is 2. The smallest absolute Gasteiger partial charge is 0.335 e. The second-order valence-corrected chi connectivity index (χ2v) is 5.48. The quantitative estimate of drug-likeness (QED) is 0.923. The minimum atomic E-state index is -0.885. The maximum atomic E-state index is 11.1. The van der Waals surface area contributed by atoms with Gasteiger partial charge in [0.05, 0.1) is 5.56 Å². The Morgan fingerprint density at radius 1 is 0.905 bits per heavy atom. The van der Waals surface area contributed by atoms with Crippen LogP contribution in [0.1, 0.15) is 29.6 Å². The summed E-state index contributed by atoms with van der Waals surface area (Å²) >= 11 is 0. The molecule has 0 amide bonds. The van der Waals surface area contributed by atoms with E-state index in [0.29, 0.717) is 5.56 Å². The maximum Gasteiger partial charge on any atom is 0.335 e. The third-order valence-electron chi connectivity index (χ3n) is 4.01. The van der Waals surface area contributed by atoms with Crippen molar-refractivity contribution < 1.29 is 9.90 Å². The molecule has 0 spiro atoms. The van der Waals surface area contributed by atoms with Gasteiger partial charge >= 0.3 is 5.97 Å². The van der Waals surface area contributed by atoms with Gasteiger partial charge in [-0.15, -0.1) is 0 Å². The van der Waals surface area contributed by atoms with Crippen LogP contribution in [-0.2, 0) is 0 Å². The number of anilines is 1. The minimum absolute atomic E-state index is 0.330. The highest BCUT2D eigenvalue weighted by Crippen LogP contribution is 2.27. The number of rotatable bonds is 3. The largest absolute Gasteiger partial charge is 0.478 e. The third kappa shape index (κ3) is 3.07. The monoisotopic (exact) mass is 281 g/mol. The molecule has 0 atom stereocenters.